The van der Waals surface area contributed by atoms with E-state index in [2.05, 4.69) is 21.4 Å². The van der Waals surface area contributed by atoms with E-state index in [4.69, 9.17) is 17.3 Å². The smallest absolute Gasteiger partial charge is 0.128 e. The van der Waals surface area contributed by atoms with Gasteiger partial charge in [-0.1, -0.05) is 24.6 Å². The minimum Gasteiger partial charge on any atom is -0.383 e. The number of hydrogen-bond acceptors (Lipinski definition) is 4. The van der Waals surface area contributed by atoms with Crippen molar-refractivity contribution < 1.29 is 0 Å². The SMILES string of the molecule is CCNC(c1cc(Cl)cnc1N)c1ncc(C)cc1C. The molecule has 1 atom stereocenters. The van der Waals surface area contributed by atoms with Gasteiger partial charge >= 0.3 is 0 Å². The van der Waals surface area contributed by atoms with Crippen molar-refractivity contribution in [1.82, 2.24) is 15.3 Å². The van der Waals surface area contributed by atoms with Gasteiger partial charge < -0.3 is 11.1 Å². The van der Waals surface area contributed by atoms with Gasteiger partial charge in [0.1, 0.15) is 5.82 Å². The number of pyridine rings is 2. The molecule has 0 radical (unpaired) electrons. The van der Waals surface area contributed by atoms with E-state index in [1.165, 1.54) is 0 Å². The van der Waals surface area contributed by atoms with Crippen LogP contribution in [-0.2, 0) is 0 Å². The van der Waals surface area contributed by atoms with Gasteiger partial charge in [0, 0.05) is 18.0 Å². The van der Waals surface area contributed by atoms with E-state index in [1.807, 2.05) is 33.0 Å². The Hall–Kier alpha value is -1.65. The molecule has 5 heteroatoms. The summed E-state index contributed by atoms with van der Waals surface area (Å²) in [6.45, 7) is 6.92. The van der Waals surface area contributed by atoms with E-state index in [1.54, 1.807) is 6.20 Å². The van der Waals surface area contributed by atoms with E-state index in [0.29, 0.717) is 10.8 Å². The van der Waals surface area contributed by atoms with Crippen molar-refractivity contribution in [1.29, 1.82) is 0 Å². The maximum absolute atomic E-state index is 6.05. The molecule has 0 aliphatic rings. The molecule has 2 aromatic rings. The molecule has 0 aromatic carbocycles. The minimum absolute atomic E-state index is 0.105. The first kappa shape index (κ1) is 14.8. The standard InChI is InChI=1S/C15H19ClN4/c1-4-18-14(12-6-11(16)8-20-15(12)17)13-10(3)5-9(2)7-19-13/h5-8,14,18H,4H2,1-3H3,(H2,17,20). The number of rotatable bonds is 4. The van der Waals surface area contributed by atoms with Crippen molar-refractivity contribution in [2.75, 3.05) is 12.3 Å². The molecule has 0 aliphatic carbocycles. The Morgan fingerprint density at radius 3 is 2.65 bits per heavy atom. The molecule has 20 heavy (non-hydrogen) atoms. The molecule has 1 unspecified atom stereocenters. The predicted molar refractivity (Wildman–Crippen MR) is 82.9 cm³/mol. The molecule has 0 amide bonds. The molecule has 0 fully saturated rings. The summed E-state index contributed by atoms with van der Waals surface area (Å²) >= 11 is 6.05. The van der Waals surface area contributed by atoms with E-state index in [9.17, 15) is 0 Å². The van der Waals surface area contributed by atoms with E-state index < -0.39 is 0 Å². The molecule has 0 spiro atoms. The van der Waals surface area contributed by atoms with Crippen LogP contribution in [0.1, 0.15) is 35.3 Å². The van der Waals surface area contributed by atoms with Crippen molar-refractivity contribution >= 4 is 17.4 Å². The largest absolute Gasteiger partial charge is 0.383 e. The van der Waals surface area contributed by atoms with E-state index >= 15 is 0 Å². The van der Waals surface area contributed by atoms with Gasteiger partial charge in [0.25, 0.3) is 0 Å². The maximum atomic E-state index is 6.05. The highest BCUT2D eigenvalue weighted by Crippen LogP contribution is 2.28. The quantitative estimate of drug-likeness (QED) is 0.908. The third-order valence-electron chi connectivity index (χ3n) is 3.16. The van der Waals surface area contributed by atoms with Gasteiger partial charge in [-0.2, -0.15) is 0 Å². The molecule has 2 heterocycles. The first-order valence-corrected chi connectivity index (χ1v) is 6.98. The molecule has 4 nitrogen and oxygen atoms in total. The lowest BCUT2D eigenvalue weighted by atomic mass is 9.99. The number of nitrogens with one attached hydrogen (secondary N) is 1. The van der Waals surface area contributed by atoms with Crippen molar-refractivity contribution in [3.8, 4) is 0 Å². The zero-order chi connectivity index (χ0) is 14.7. The lowest BCUT2D eigenvalue weighted by Crippen LogP contribution is -2.25. The monoisotopic (exact) mass is 290 g/mol. The van der Waals surface area contributed by atoms with Crippen molar-refractivity contribution in [3.05, 3.63) is 51.9 Å². The molecule has 0 saturated carbocycles. The number of hydrogen-bond donors (Lipinski definition) is 2. The first-order chi connectivity index (χ1) is 9.52. The minimum atomic E-state index is -0.105. The lowest BCUT2D eigenvalue weighted by molar-refractivity contribution is 0.611. The normalized spacial score (nSPS) is 12.4. The highest BCUT2D eigenvalue weighted by atomic mass is 35.5. The van der Waals surface area contributed by atoms with Crippen LogP contribution in [0.3, 0.4) is 0 Å². The summed E-state index contributed by atoms with van der Waals surface area (Å²) in [6, 6.07) is 3.85. The Bertz CT molecular complexity index is 613. The summed E-state index contributed by atoms with van der Waals surface area (Å²) < 4.78 is 0. The molecule has 0 aliphatic heterocycles. The van der Waals surface area contributed by atoms with Crippen LogP contribution in [0.5, 0.6) is 0 Å². The van der Waals surface area contributed by atoms with Crippen LogP contribution in [0.2, 0.25) is 5.02 Å². The van der Waals surface area contributed by atoms with E-state index in [0.717, 1.165) is 28.9 Å². The van der Waals surface area contributed by atoms with Gasteiger partial charge in [0.05, 0.1) is 16.8 Å². The molecular formula is C15H19ClN4. The Morgan fingerprint density at radius 1 is 1.25 bits per heavy atom. The molecule has 2 aromatic heterocycles. The van der Waals surface area contributed by atoms with Crippen molar-refractivity contribution in [2.45, 2.75) is 26.8 Å². The molecule has 0 bridgehead atoms. The van der Waals surface area contributed by atoms with Gasteiger partial charge in [0.15, 0.2) is 0 Å². The lowest BCUT2D eigenvalue weighted by Gasteiger charge is -2.21. The number of halogens is 1. The summed E-state index contributed by atoms with van der Waals surface area (Å²) in [6.07, 6.45) is 3.42. The third kappa shape index (κ3) is 3.08. The van der Waals surface area contributed by atoms with Gasteiger partial charge in [-0.15, -0.1) is 0 Å². The molecular weight excluding hydrogens is 272 g/mol. The third-order valence-corrected chi connectivity index (χ3v) is 3.37. The average molecular weight is 291 g/mol. The van der Waals surface area contributed by atoms with E-state index in [-0.39, 0.29) is 6.04 Å². The fourth-order valence-corrected chi connectivity index (χ4v) is 2.45. The zero-order valence-electron chi connectivity index (χ0n) is 11.9. The highest BCUT2D eigenvalue weighted by Gasteiger charge is 2.20. The summed E-state index contributed by atoms with van der Waals surface area (Å²) in [5.41, 5.74) is 10.1. The number of aromatic nitrogens is 2. The topological polar surface area (TPSA) is 63.8 Å². The Balaban J connectivity index is 2.53. The second-order valence-corrected chi connectivity index (χ2v) is 5.27. The van der Waals surface area contributed by atoms with Crippen LogP contribution >= 0.6 is 11.6 Å². The summed E-state index contributed by atoms with van der Waals surface area (Å²) in [5, 5.41) is 3.97. The Labute approximate surface area is 124 Å². The van der Waals surface area contributed by atoms with Crippen LogP contribution in [-0.4, -0.2) is 16.5 Å². The number of nitrogens with two attached hydrogens (primary N) is 1. The second-order valence-electron chi connectivity index (χ2n) is 4.83. The van der Waals surface area contributed by atoms with Gasteiger partial charge in [0.2, 0.25) is 0 Å². The molecule has 2 rings (SSSR count). The number of nitrogen functional groups attached to an aromatic ring is 1. The maximum Gasteiger partial charge on any atom is 0.128 e. The van der Waals surface area contributed by atoms with Gasteiger partial charge in [-0.3, -0.25) is 4.98 Å². The summed E-state index contributed by atoms with van der Waals surface area (Å²) in [5.74, 6) is 0.474. The highest BCUT2D eigenvalue weighted by molar-refractivity contribution is 6.30. The average Bonchev–Trinajstić information content (AvgIpc) is 2.40. The van der Waals surface area contributed by atoms with Crippen molar-refractivity contribution in [2.24, 2.45) is 0 Å². The van der Waals surface area contributed by atoms with Crippen molar-refractivity contribution in [3.63, 3.8) is 0 Å². The fourth-order valence-electron chi connectivity index (χ4n) is 2.28. The summed E-state index contributed by atoms with van der Waals surface area (Å²) in [4.78, 5) is 8.69. The number of aryl methyl sites for hydroxylation is 2. The number of nitrogens with zero attached hydrogens (tertiary/aromatic N) is 2. The second kappa shape index (κ2) is 6.20. The fraction of sp³-hybridized carbons (Fsp3) is 0.333. The Morgan fingerprint density at radius 2 is 2.00 bits per heavy atom. The van der Waals surface area contributed by atoms with Crippen LogP contribution in [0.15, 0.2) is 24.5 Å². The molecule has 3 N–H and O–H groups in total. The summed E-state index contributed by atoms with van der Waals surface area (Å²) in [7, 11) is 0. The molecule has 106 valence electrons. The van der Waals surface area contributed by atoms with Crippen LogP contribution < -0.4 is 11.1 Å². The number of anilines is 1. The van der Waals surface area contributed by atoms with Gasteiger partial charge in [-0.25, -0.2) is 4.98 Å². The van der Waals surface area contributed by atoms with Gasteiger partial charge in [-0.05, 0) is 37.6 Å². The zero-order valence-corrected chi connectivity index (χ0v) is 12.7. The van der Waals surface area contributed by atoms with Crippen LogP contribution in [0.25, 0.3) is 0 Å². The van der Waals surface area contributed by atoms with Crippen LogP contribution in [0.4, 0.5) is 5.82 Å². The first-order valence-electron chi connectivity index (χ1n) is 6.60. The molecule has 0 saturated heterocycles. The van der Waals surface area contributed by atoms with Crippen LogP contribution in [0, 0.1) is 13.8 Å². The predicted octanol–water partition coefficient (Wildman–Crippen LogP) is 3.03. The Kier molecular flexibility index (Phi) is 4.57.